The molecule has 0 atom stereocenters. The van der Waals surface area contributed by atoms with Crippen LogP contribution in [0.1, 0.15) is 12.8 Å². The van der Waals surface area contributed by atoms with Crippen molar-refractivity contribution in [2.24, 2.45) is 0 Å². The van der Waals surface area contributed by atoms with Crippen molar-refractivity contribution in [3.05, 3.63) is 26.7 Å². The Morgan fingerprint density at radius 2 is 2.00 bits per heavy atom. The van der Waals surface area contributed by atoms with Crippen molar-refractivity contribution in [2.45, 2.75) is 12.8 Å². The van der Waals surface area contributed by atoms with Gasteiger partial charge in [-0.1, -0.05) is 23.2 Å². The number of carbonyl (C=O) groups is 2. The first-order valence-corrected chi connectivity index (χ1v) is 7.25. The fraction of sp³-hybridized carbons (Fsp3) is 0.333. The molecule has 110 valence electrons. The molecular weight excluding hydrogens is 371 g/mol. The van der Waals surface area contributed by atoms with E-state index in [1.54, 1.807) is 19.2 Å². The van der Waals surface area contributed by atoms with Crippen LogP contribution in [-0.2, 0) is 4.79 Å². The SMILES string of the molecule is CN(CCCC(=O)O)C(=O)Nc1ccc(Br)c(Cl)c1Cl. The van der Waals surface area contributed by atoms with Gasteiger partial charge in [-0.05, 0) is 34.5 Å². The van der Waals surface area contributed by atoms with Gasteiger partial charge in [-0.2, -0.15) is 0 Å². The zero-order valence-corrected chi connectivity index (χ0v) is 13.7. The molecule has 1 aromatic carbocycles. The number of nitrogens with zero attached hydrogens (tertiary/aromatic N) is 1. The van der Waals surface area contributed by atoms with Crippen LogP contribution < -0.4 is 5.32 Å². The van der Waals surface area contributed by atoms with Gasteiger partial charge in [0, 0.05) is 24.5 Å². The Morgan fingerprint density at radius 3 is 2.60 bits per heavy atom. The maximum Gasteiger partial charge on any atom is 0.321 e. The fourth-order valence-electron chi connectivity index (χ4n) is 1.40. The van der Waals surface area contributed by atoms with Crippen molar-refractivity contribution < 1.29 is 14.7 Å². The van der Waals surface area contributed by atoms with Crippen LogP contribution in [0, 0.1) is 0 Å². The first kappa shape index (κ1) is 17.1. The number of carboxylic acid groups (broad SMARTS) is 1. The zero-order chi connectivity index (χ0) is 15.3. The summed E-state index contributed by atoms with van der Waals surface area (Å²) in [7, 11) is 1.57. The molecule has 2 N–H and O–H groups in total. The molecule has 0 aromatic heterocycles. The van der Waals surface area contributed by atoms with E-state index in [4.69, 9.17) is 28.3 Å². The van der Waals surface area contributed by atoms with Crippen molar-refractivity contribution in [3.8, 4) is 0 Å². The smallest absolute Gasteiger partial charge is 0.321 e. The largest absolute Gasteiger partial charge is 0.481 e. The van der Waals surface area contributed by atoms with Gasteiger partial charge in [0.15, 0.2) is 0 Å². The standard InChI is InChI=1S/C12H13BrCl2N2O3/c1-17(6-2-3-9(18)19)12(20)16-8-5-4-7(13)10(14)11(8)15/h4-5H,2-3,6H2,1H3,(H,16,20)(H,18,19). The highest BCUT2D eigenvalue weighted by Crippen LogP contribution is 2.35. The highest BCUT2D eigenvalue weighted by atomic mass is 79.9. The van der Waals surface area contributed by atoms with Crippen LogP contribution in [0.2, 0.25) is 10.0 Å². The number of rotatable bonds is 5. The van der Waals surface area contributed by atoms with Crippen LogP contribution >= 0.6 is 39.1 Å². The van der Waals surface area contributed by atoms with Gasteiger partial charge in [-0.3, -0.25) is 4.79 Å². The van der Waals surface area contributed by atoms with E-state index in [2.05, 4.69) is 21.2 Å². The molecule has 0 aliphatic carbocycles. The number of hydrogen-bond donors (Lipinski definition) is 2. The number of hydrogen-bond acceptors (Lipinski definition) is 2. The Balaban J connectivity index is 2.62. The van der Waals surface area contributed by atoms with E-state index in [1.807, 2.05) is 0 Å². The van der Waals surface area contributed by atoms with E-state index in [0.717, 1.165) is 0 Å². The normalized spacial score (nSPS) is 10.2. The molecule has 20 heavy (non-hydrogen) atoms. The number of anilines is 1. The van der Waals surface area contributed by atoms with Gasteiger partial charge in [0.2, 0.25) is 0 Å². The van der Waals surface area contributed by atoms with Gasteiger partial charge in [0.1, 0.15) is 0 Å². The summed E-state index contributed by atoms with van der Waals surface area (Å²) in [5.41, 5.74) is 0.398. The summed E-state index contributed by atoms with van der Waals surface area (Å²) < 4.78 is 0.636. The van der Waals surface area contributed by atoms with E-state index in [9.17, 15) is 9.59 Å². The van der Waals surface area contributed by atoms with Gasteiger partial charge in [0.05, 0.1) is 15.7 Å². The van der Waals surface area contributed by atoms with E-state index in [0.29, 0.717) is 28.1 Å². The molecule has 0 unspecified atom stereocenters. The molecule has 0 spiro atoms. The Labute approximate surface area is 135 Å². The molecule has 8 heteroatoms. The molecule has 2 amide bonds. The van der Waals surface area contributed by atoms with Crippen LogP contribution in [0.5, 0.6) is 0 Å². The van der Waals surface area contributed by atoms with Crippen LogP contribution in [0.4, 0.5) is 10.5 Å². The second-order valence-electron chi connectivity index (χ2n) is 4.07. The molecule has 0 aliphatic rings. The van der Waals surface area contributed by atoms with E-state index < -0.39 is 5.97 Å². The third kappa shape index (κ3) is 4.85. The topological polar surface area (TPSA) is 69.6 Å². The van der Waals surface area contributed by atoms with Crippen LogP contribution in [0.25, 0.3) is 0 Å². The maximum absolute atomic E-state index is 11.9. The lowest BCUT2D eigenvalue weighted by Crippen LogP contribution is -2.32. The van der Waals surface area contributed by atoms with Gasteiger partial charge < -0.3 is 15.3 Å². The predicted molar refractivity (Wildman–Crippen MR) is 82.7 cm³/mol. The Morgan fingerprint density at radius 1 is 1.35 bits per heavy atom. The summed E-state index contributed by atoms with van der Waals surface area (Å²) in [5, 5.41) is 11.7. The maximum atomic E-state index is 11.9. The second kappa shape index (κ2) is 7.71. The Bertz CT molecular complexity index is 526. The van der Waals surface area contributed by atoms with Crippen LogP contribution in [0.3, 0.4) is 0 Å². The third-order valence-corrected chi connectivity index (χ3v) is 4.28. The number of benzene rings is 1. The first-order valence-electron chi connectivity index (χ1n) is 5.70. The summed E-state index contributed by atoms with van der Waals surface area (Å²) in [6, 6.07) is 2.92. The summed E-state index contributed by atoms with van der Waals surface area (Å²) in [4.78, 5) is 23.7. The van der Waals surface area contributed by atoms with Crippen molar-refractivity contribution in [2.75, 3.05) is 18.9 Å². The molecule has 0 saturated carbocycles. The fourth-order valence-corrected chi connectivity index (χ4v) is 2.22. The number of carboxylic acids is 1. The molecule has 1 rings (SSSR count). The number of urea groups is 1. The molecule has 0 aliphatic heterocycles. The van der Waals surface area contributed by atoms with E-state index in [-0.39, 0.29) is 17.5 Å². The monoisotopic (exact) mass is 382 g/mol. The molecular formula is C12H13BrCl2N2O3. The highest BCUT2D eigenvalue weighted by molar-refractivity contribution is 9.10. The molecule has 5 nitrogen and oxygen atoms in total. The number of nitrogens with one attached hydrogen (secondary N) is 1. The molecule has 0 heterocycles. The van der Waals surface area contributed by atoms with Gasteiger partial charge >= 0.3 is 12.0 Å². The van der Waals surface area contributed by atoms with Crippen molar-refractivity contribution in [1.82, 2.24) is 4.90 Å². The molecule has 1 aromatic rings. The number of halogens is 3. The van der Waals surface area contributed by atoms with E-state index in [1.165, 1.54) is 4.90 Å². The van der Waals surface area contributed by atoms with Gasteiger partial charge in [-0.25, -0.2) is 4.79 Å². The minimum absolute atomic E-state index is 0.0164. The van der Waals surface area contributed by atoms with Crippen LogP contribution in [0.15, 0.2) is 16.6 Å². The second-order valence-corrected chi connectivity index (χ2v) is 5.68. The lowest BCUT2D eigenvalue weighted by molar-refractivity contribution is -0.137. The van der Waals surface area contributed by atoms with Gasteiger partial charge in [-0.15, -0.1) is 0 Å². The number of carbonyl (C=O) groups excluding carboxylic acids is 1. The number of aliphatic carboxylic acids is 1. The Hall–Kier alpha value is -0.980. The quantitative estimate of drug-likeness (QED) is 0.752. The van der Waals surface area contributed by atoms with Gasteiger partial charge in [0.25, 0.3) is 0 Å². The van der Waals surface area contributed by atoms with E-state index >= 15 is 0 Å². The lowest BCUT2D eigenvalue weighted by Gasteiger charge is -2.18. The average Bonchev–Trinajstić information content (AvgIpc) is 2.38. The summed E-state index contributed by atoms with van der Waals surface area (Å²) in [6.07, 6.45) is 0.399. The summed E-state index contributed by atoms with van der Waals surface area (Å²) in [6.45, 7) is 0.333. The molecule has 0 radical (unpaired) electrons. The van der Waals surface area contributed by atoms with Crippen molar-refractivity contribution in [1.29, 1.82) is 0 Å². The molecule has 0 fully saturated rings. The van der Waals surface area contributed by atoms with Crippen molar-refractivity contribution >= 4 is 56.8 Å². The third-order valence-electron chi connectivity index (χ3n) is 2.51. The lowest BCUT2D eigenvalue weighted by atomic mass is 10.3. The average molecular weight is 384 g/mol. The zero-order valence-electron chi connectivity index (χ0n) is 10.6. The molecule has 0 bridgehead atoms. The highest BCUT2D eigenvalue weighted by Gasteiger charge is 2.14. The Kier molecular flexibility index (Phi) is 6.58. The van der Waals surface area contributed by atoms with Crippen molar-refractivity contribution in [3.63, 3.8) is 0 Å². The first-order chi connectivity index (χ1) is 9.32. The summed E-state index contributed by atoms with van der Waals surface area (Å²) in [5.74, 6) is -0.887. The van der Waals surface area contributed by atoms with Crippen LogP contribution in [-0.4, -0.2) is 35.6 Å². The summed E-state index contributed by atoms with van der Waals surface area (Å²) >= 11 is 15.2. The molecule has 0 saturated heterocycles. The predicted octanol–water partition coefficient (Wildman–Crippen LogP) is 4.08. The number of amides is 2. The minimum Gasteiger partial charge on any atom is -0.481 e. The minimum atomic E-state index is -0.887.